The molecule has 1 aliphatic heterocycles. The lowest BCUT2D eigenvalue weighted by molar-refractivity contribution is 0.102. The van der Waals surface area contributed by atoms with Crippen molar-refractivity contribution in [3.05, 3.63) is 71.2 Å². The molecule has 2 aromatic heterocycles. The molecular formula is C25H26FN7O. The Bertz CT molecular complexity index is 1310. The van der Waals surface area contributed by atoms with E-state index in [1.54, 1.807) is 36.4 Å². The summed E-state index contributed by atoms with van der Waals surface area (Å²) in [5, 5.41) is 19.2. The van der Waals surface area contributed by atoms with Gasteiger partial charge < -0.3 is 14.8 Å². The minimum absolute atomic E-state index is 0.0451. The van der Waals surface area contributed by atoms with Crippen molar-refractivity contribution >= 4 is 23.4 Å². The van der Waals surface area contributed by atoms with E-state index in [0.717, 1.165) is 25.0 Å². The van der Waals surface area contributed by atoms with E-state index in [1.165, 1.54) is 12.1 Å². The van der Waals surface area contributed by atoms with E-state index < -0.39 is 11.7 Å². The number of halogens is 1. The summed E-state index contributed by atoms with van der Waals surface area (Å²) in [6.45, 7) is 3.76. The number of nitrogens with zero attached hydrogens (tertiary/aromatic N) is 4. The fraction of sp³-hybridized carbons (Fsp3) is 0.320. The molecule has 1 aliphatic carbocycles. The molecule has 1 saturated carbocycles. The topological polar surface area (TPSA) is 111 Å². The van der Waals surface area contributed by atoms with Crippen molar-refractivity contribution in [2.24, 2.45) is 0 Å². The Morgan fingerprint density at radius 3 is 2.74 bits per heavy atom. The van der Waals surface area contributed by atoms with Crippen LogP contribution in [0.3, 0.4) is 0 Å². The summed E-state index contributed by atoms with van der Waals surface area (Å²) < 4.78 is 16.6. The molecule has 34 heavy (non-hydrogen) atoms. The molecule has 1 aromatic carbocycles. The number of hydrogen-bond acceptors (Lipinski definition) is 5. The van der Waals surface area contributed by atoms with Gasteiger partial charge in [-0.1, -0.05) is 6.07 Å². The summed E-state index contributed by atoms with van der Waals surface area (Å²) in [5.74, 6) is -0.0435. The molecule has 0 spiro atoms. The summed E-state index contributed by atoms with van der Waals surface area (Å²) >= 11 is 0. The minimum atomic E-state index is -0.625. The maximum Gasteiger partial charge on any atom is 0.259 e. The highest BCUT2D eigenvalue weighted by Crippen LogP contribution is 2.39. The Morgan fingerprint density at radius 2 is 2.03 bits per heavy atom. The van der Waals surface area contributed by atoms with E-state index in [0.29, 0.717) is 35.1 Å². The third-order valence-electron chi connectivity index (χ3n) is 6.41. The Morgan fingerprint density at radius 1 is 1.24 bits per heavy atom. The normalized spacial score (nSPS) is 17.8. The summed E-state index contributed by atoms with van der Waals surface area (Å²) in [5.41, 5.74) is 2.64. The molecule has 8 nitrogen and oxygen atoms in total. The van der Waals surface area contributed by atoms with Gasteiger partial charge >= 0.3 is 0 Å². The number of amides is 1. The van der Waals surface area contributed by atoms with Gasteiger partial charge in [-0.2, -0.15) is 0 Å². The zero-order chi connectivity index (χ0) is 24.0. The highest BCUT2D eigenvalue weighted by Gasteiger charge is 2.29. The molecule has 2 aliphatic rings. The van der Waals surface area contributed by atoms with Crippen LogP contribution in [0.2, 0.25) is 0 Å². The Hall–Kier alpha value is -3.88. The van der Waals surface area contributed by atoms with Crippen molar-refractivity contribution < 1.29 is 9.18 Å². The van der Waals surface area contributed by atoms with Gasteiger partial charge in [0.1, 0.15) is 23.2 Å². The number of rotatable bonds is 5. The van der Waals surface area contributed by atoms with Gasteiger partial charge in [0.25, 0.3) is 5.91 Å². The molecule has 0 radical (unpaired) electrons. The van der Waals surface area contributed by atoms with Crippen molar-refractivity contribution in [3.8, 4) is 5.69 Å². The molecule has 174 valence electrons. The van der Waals surface area contributed by atoms with Gasteiger partial charge in [-0.05, 0) is 62.9 Å². The van der Waals surface area contributed by atoms with Crippen LogP contribution in [0.15, 0.2) is 42.9 Å². The van der Waals surface area contributed by atoms with Gasteiger partial charge in [-0.15, -0.1) is 0 Å². The minimum Gasteiger partial charge on any atom is -0.311 e. The van der Waals surface area contributed by atoms with E-state index in [2.05, 4.69) is 15.3 Å². The van der Waals surface area contributed by atoms with Crippen molar-refractivity contribution in [2.75, 3.05) is 5.32 Å². The van der Waals surface area contributed by atoms with Gasteiger partial charge in [0.2, 0.25) is 0 Å². The largest absolute Gasteiger partial charge is 0.311 e. The van der Waals surface area contributed by atoms with Crippen LogP contribution in [-0.2, 0) is 0 Å². The maximum absolute atomic E-state index is 14.8. The second-order valence-electron chi connectivity index (χ2n) is 9.01. The number of likely N-dealkylation sites (tertiary alicyclic amines) is 1. The predicted octanol–water partition coefficient (Wildman–Crippen LogP) is 4.63. The van der Waals surface area contributed by atoms with Crippen LogP contribution >= 0.6 is 0 Å². The van der Waals surface area contributed by atoms with E-state index in [1.807, 2.05) is 17.7 Å². The number of carbonyl (C=O) groups is 1. The van der Waals surface area contributed by atoms with E-state index in [9.17, 15) is 9.18 Å². The molecule has 2 fully saturated rings. The maximum atomic E-state index is 14.8. The second-order valence-corrected chi connectivity index (χ2v) is 9.01. The Labute approximate surface area is 196 Å². The van der Waals surface area contributed by atoms with E-state index in [-0.39, 0.29) is 23.3 Å². The molecule has 3 heterocycles. The molecule has 1 amide bonds. The zero-order valence-corrected chi connectivity index (χ0v) is 19.1. The molecule has 1 saturated heterocycles. The van der Waals surface area contributed by atoms with Gasteiger partial charge in [0, 0.05) is 24.6 Å². The van der Waals surface area contributed by atoms with Crippen molar-refractivity contribution in [1.29, 1.82) is 10.8 Å². The highest BCUT2D eigenvalue weighted by molar-refractivity contribution is 6.08. The van der Waals surface area contributed by atoms with Gasteiger partial charge in [-0.3, -0.25) is 15.6 Å². The average molecular weight is 460 g/mol. The summed E-state index contributed by atoms with van der Waals surface area (Å²) in [6.07, 6.45) is 7.33. The van der Waals surface area contributed by atoms with Crippen LogP contribution in [0.25, 0.3) is 5.69 Å². The average Bonchev–Trinajstić information content (AvgIpc) is 3.45. The molecule has 0 unspecified atom stereocenters. The van der Waals surface area contributed by atoms with Crippen LogP contribution in [0.1, 0.15) is 65.8 Å². The number of benzene rings is 1. The molecule has 5 rings (SSSR count). The smallest absolute Gasteiger partial charge is 0.259 e. The second kappa shape index (κ2) is 8.48. The van der Waals surface area contributed by atoms with Gasteiger partial charge in [0.15, 0.2) is 5.84 Å². The molecule has 3 N–H and O–H groups in total. The number of pyridine rings is 1. The van der Waals surface area contributed by atoms with Crippen LogP contribution in [-0.4, -0.2) is 43.1 Å². The summed E-state index contributed by atoms with van der Waals surface area (Å²) in [7, 11) is 0. The van der Waals surface area contributed by atoms with Crippen LogP contribution < -0.4 is 5.32 Å². The number of carbonyl (C=O) groups excluding carboxylic acids is 1. The molecular weight excluding hydrogens is 433 g/mol. The standard InChI is InChI=1S/C25H26FN7O/c1-14-10-18(26)17(11-21(14)32-12-20(29-13-32)16-7-8-16)25(34)31-23-5-3-4-19(30-23)24(28)33-15(2)6-9-22(33)27/h3-5,10-13,15-16,27-28H,6-9H2,1-2H3,(H,30,31,34)/t15-/m1/s1. The van der Waals surface area contributed by atoms with Crippen LogP contribution in [0, 0.1) is 23.6 Å². The zero-order valence-electron chi connectivity index (χ0n) is 19.1. The summed E-state index contributed by atoms with van der Waals surface area (Å²) in [4.78, 5) is 23.4. The van der Waals surface area contributed by atoms with E-state index >= 15 is 0 Å². The Kier molecular flexibility index (Phi) is 5.47. The fourth-order valence-corrected chi connectivity index (χ4v) is 4.33. The quantitative estimate of drug-likeness (QED) is 0.381. The molecule has 0 bridgehead atoms. The number of nitrogens with one attached hydrogen (secondary N) is 3. The highest BCUT2D eigenvalue weighted by atomic mass is 19.1. The van der Waals surface area contributed by atoms with Crippen molar-refractivity contribution in [1.82, 2.24) is 19.4 Å². The first kappa shape index (κ1) is 21.9. The lowest BCUT2D eigenvalue weighted by Gasteiger charge is -2.23. The number of imidazole rings is 1. The lowest BCUT2D eigenvalue weighted by Crippen LogP contribution is -2.37. The molecule has 3 aromatic rings. The first-order valence-electron chi connectivity index (χ1n) is 11.4. The fourth-order valence-electron chi connectivity index (χ4n) is 4.33. The third kappa shape index (κ3) is 4.09. The van der Waals surface area contributed by atoms with Crippen LogP contribution in [0.5, 0.6) is 0 Å². The van der Waals surface area contributed by atoms with Gasteiger partial charge in [0.05, 0.1) is 23.3 Å². The predicted molar refractivity (Wildman–Crippen MR) is 128 cm³/mol. The number of aryl methyl sites for hydroxylation is 1. The summed E-state index contributed by atoms with van der Waals surface area (Å²) in [6, 6.07) is 7.86. The molecule has 1 atom stereocenters. The molecule has 9 heteroatoms. The Balaban J connectivity index is 1.38. The van der Waals surface area contributed by atoms with E-state index in [4.69, 9.17) is 10.8 Å². The number of anilines is 1. The third-order valence-corrected chi connectivity index (χ3v) is 6.41. The monoisotopic (exact) mass is 459 g/mol. The van der Waals surface area contributed by atoms with Crippen LogP contribution in [0.4, 0.5) is 10.2 Å². The number of hydrogen-bond donors (Lipinski definition) is 3. The van der Waals surface area contributed by atoms with Crippen molar-refractivity contribution in [2.45, 2.75) is 51.5 Å². The number of aromatic nitrogens is 3. The SMILES string of the molecule is Cc1cc(F)c(C(=O)Nc2cccc(C(=N)N3C(=N)CC[C@H]3C)n2)cc1-n1cnc(C2CC2)c1. The van der Waals surface area contributed by atoms with Crippen molar-refractivity contribution in [3.63, 3.8) is 0 Å². The first-order valence-corrected chi connectivity index (χ1v) is 11.4. The first-order chi connectivity index (χ1) is 16.3. The van der Waals surface area contributed by atoms with Gasteiger partial charge in [-0.25, -0.2) is 14.4 Å². The lowest BCUT2D eigenvalue weighted by atomic mass is 10.1. The number of amidine groups is 2.